The van der Waals surface area contributed by atoms with Crippen LogP contribution in [0.1, 0.15) is 59.3 Å². The molecule has 2 unspecified atom stereocenters. The molecule has 0 aromatic rings. The molecule has 2 atom stereocenters. The Hall–Kier alpha value is -0.0500. The van der Waals surface area contributed by atoms with Gasteiger partial charge >= 0.3 is 0 Å². The fourth-order valence-electron chi connectivity index (χ4n) is 5.69. The molecule has 0 N–H and O–H groups in total. The summed E-state index contributed by atoms with van der Waals surface area (Å²) in [6, 6.07) is 0. The van der Waals surface area contributed by atoms with Crippen LogP contribution in [-0.2, 0) is 4.79 Å². The summed E-state index contributed by atoms with van der Waals surface area (Å²) in [6.07, 6.45) is 7.56. The summed E-state index contributed by atoms with van der Waals surface area (Å²) in [4.78, 5) is 15.3. The fraction of sp³-hybridized carbons (Fsp3) is 0.941. The number of carbonyl (C=O) groups excluding carboxylic acids is 1. The van der Waals surface area contributed by atoms with Gasteiger partial charge in [-0.2, -0.15) is 0 Å². The Kier molecular flexibility index (Phi) is 3.32. The average molecular weight is 342 g/mol. The van der Waals surface area contributed by atoms with Gasteiger partial charge in [0.2, 0.25) is 5.91 Å². The fourth-order valence-corrected chi connectivity index (χ4v) is 6.07. The summed E-state index contributed by atoms with van der Waals surface area (Å²) in [5, 5.41) is 0.836. The zero-order valence-corrected chi connectivity index (χ0v) is 14.9. The quantitative estimate of drug-likeness (QED) is 0.703. The minimum atomic E-state index is -0.0959. The van der Waals surface area contributed by atoms with Crippen LogP contribution < -0.4 is 0 Å². The smallest absolute Gasteiger partial charge is 0.229 e. The Balaban J connectivity index is 1.88. The Morgan fingerprint density at radius 1 is 1.25 bits per heavy atom. The summed E-state index contributed by atoms with van der Waals surface area (Å²) < 4.78 is 0. The van der Waals surface area contributed by atoms with Crippen LogP contribution in [0.3, 0.4) is 0 Å². The van der Waals surface area contributed by atoms with Crippen LogP contribution in [0.25, 0.3) is 0 Å². The van der Waals surface area contributed by atoms with Crippen LogP contribution in [0.5, 0.6) is 0 Å². The van der Waals surface area contributed by atoms with Crippen molar-refractivity contribution in [2.24, 2.45) is 22.7 Å². The van der Waals surface area contributed by atoms with Crippen LogP contribution in [0.15, 0.2) is 0 Å². The second-order valence-corrected chi connectivity index (χ2v) is 9.42. The van der Waals surface area contributed by atoms with E-state index in [1.54, 1.807) is 0 Å². The molecule has 114 valence electrons. The number of amides is 1. The summed E-state index contributed by atoms with van der Waals surface area (Å²) in [7, 11) is 2.00. The predicted octanol–water partition coefficient (Wildman–Crippen LogP) is 4.22. The molecular formula is C17H28BrNO. The SMILES string of the molecule is CN(C(=O)C12CC3CC(CC(C)(C3)C1)C2)C(C)(C)CBr. The monoisotopic (exact) mass is 341 g/mol. The van der Waals surface area contributed by atoms with Crippen molar-refractivity contribution in [2.45, 2.75) is 64.8 Å². The lowest BCUT2D eigenvalue weighted by molar-refractivity contribution is -0.168. The third-order valence-electron chi connectivity index (χ3n) is 6.35. The van der Waals surface area contributed by atoms with Gasteiger partial charge in [-0.15, -0.1) is 0 Å². The number of alkyl halides is 1. The van der Waals surface area contributed by atoms with Crippen molar-refractivity contribution in [1.29, 1.82) is 0 Å². The molecule has 0 aliphatic heterocycles. The molecule has 3 heteroatoms. The topological polar surface area (TPSA) is 20.3 Å². The first kappa shape index (κ1) is 14.9. The largest absolute Gasteiger partial charge is 0.339 e. The van der Waals surface area contributed by atoms with Crippen molar-refractivity contribution >= 4 is 21.8 Å². The second kappa shape index (κ2) is 4.47. The lowest BCUT2D eigenvalue weighted by Gasteiger charge is -2.61. The van der Waals surface area contributed by atoms with Crippen LogP contribution >= 0.6 is 15.9 Å². The normalized spacial score (nSPS) is 42.9. The molecule has 4 fully saturated rings. The van der Waals surface area contributed by atoms with Gasteiger partial charge in [0.15, 0.2) is 0 Å². The van der Waals surface area contributed by atoms with Crippen molar-refractivity contribution in [3.8, 4) is 0 Å². The van der Waals surface area contributed by atoms with E-state index in [-0.39, 0.29) is 11.0 Å². The summed E-state index contributed by atoms with van der Waals surface area (Å²) in [6.45, 7) is 6.74. The van der Waals surface area contributed by atoms with Gasteiger partial charge in [-0.3, -0.25) is 4.79 Å². The average Bonchev–Trinajstić information content (AvgIpc) is 2.34. The molecule has 20 heavy (non-hydrogen) atoms. The van der Waals surface area contributed by atoms with E-state index in [0.717, 1.165) is 36.4 Å². The Bertz CT molecular complexity index is 417. The standard InChI is InChI=1S/C17H28BrNO/c1-15(2,11-18)19(4)14(20)17-8-12-5-13(9-17)7-16(3,6-12)10-17/h12-13H,5-11H2,1-4H3. The van der Waals surface area contributed by atoms with E-state index in [0.29, 0.717) is 11.3 Å². The van der Waals surface area contributed by atoms with Crippen LogP contribution in [0.2, 0.25) is 0 Å². The van der Waals surface area contributed by atoms with Gasteiger partial charge in [0.1, 0.15) is 0 Å². The van der Waals surface area contributed by atoms with Gasteiger partial charge in [0.25, 0.3) is 0 Å². The van der Waals surface area contributed by atoms with Gasteiger partial charge in [-0.25, -0.2) is 0 Å². The Morgan fingerprint density at radius 3 is 2.25 bits per heavy atom. The number of halogens is 1. The highest BCUT2D eigenvalue weighted by atomic mass is 79.9. The van der Waals surface area contributed by atoms with E-state index in [2.05, 4.69) is 36.7 Å². The van der Waals surface area contributed by atoms with Crippen molar-refractivity contribution in [1.82, 2.24) is 4.90 Å². The van der Waals surface area contributed by atoms with E-state index in [9.17, 15) is 4.79 Å². The molecule has 4 aliphatic rings. The van der Waals surface area contributed by atoms with Gasteiger partial charge in [0.05, 0.1) is 5.41 Å². The number of carbonyl (C=O) groups is 1. The number of hydrogen-bond acceptors (Lipinski definition) is 1. The first-order valence-electron chi connectivity index (χ1n) is 8.04. The summed E-state index contributed by atoms with van der Waals surface area (Å²) in [5.74, 6) is 2.04. The van der Waals surface area contributed by atoms with Gasteiger partial charge < -0.3 is 4.90 Å². The predicted molar refractivity (Wildman–Crippen MR) is 85.9 cm³/mol. The van der Waals surface area contributed by atoms with E-state index in [4.69, 9.17) is 0 Å². The van der Waals surface area contributed by atoms with Crippen molar-refractivity contribution in [3.63, 3.8) is 0 Å². The highest BCUT2D eigenvalue weighted by Crippen LogP contribution is 2.65. The molecule has 4 rings (SSSR count). The molecule has 4 saturated carbocycles. The lowest BCUT2D eigenvalue weighted by atomic mass is 9.44. The maximum absolute atomic E-state index is 13.2. The molecule has 0 aromatic heterocycles. The zero-order chi connectivity index (χ0) is 14.8. The molecule has 0 heterocycles. The van der Waals surface area contributed by atoms with Gasteiger partial charge in [-0.1, -0.05) is 22.9 Å². The number of nitrogens with zero attached hydrogens (tertiary/aromatic N) is 1. The summed E-state index contributed by atoms with van der Waals surface area (Å²) in [5.41, 5.74) is 0.313. The van der Waals surface area contributed by atoms with Crippen molar-refractivity contribution < 1.29 is 4.79 Å². The molecule has 4 bridgehead atoms. The second-order valence-electron chi connectivity index (χ2n) is 8.86. The van der Waals surface area contributed by atoms with Crippen LogP contribution in [-0.4, -0.2) is 28.7 Å². The van der Waals surface area contributed by atoms with E-state index < -0.39 is 0 Å². The summed E-state index contributed by atoms with van der Waals surface area (Å²) >= 11 is 3.57. The first-order valence-corrected chi connectivity index (χ1v) is 9.16. The number of rotatable bonds is 3. The van der Waals surface area contributed by atoms with Gasteiger partial charge in [0, 0.05) is 17.9 Å². The number of hydrogen-bond donors (Lipinski definition) is 0. The molecule has 0 spiro atoms. The zero-order valence-electron chi connectivity index (χ0n) is 13.3. The van der Waals surface area contributed by atoms with E-state index in [1.807, 2.05) is 11.9 Å². The maximum Gasteiger partial charge on any atom is 0.229 e. The Labute approximate surface area is 131 Å². The van der Waals surface area contributed by atoms with Crippen molar-refractivity contribution in [2.75, 3.05) is 12.4 Å². The Morgan fingerprint density at radius 2 is 1.80 bits per heavy atom. The molecule has 0 aromatic carbocycles. The minimum absolute atomic E-state index is 0.0347. The minimum Gasteiger partial charge on any atom is -0.339 e. The first-order chi connectivity index (χ1) is 9.20. The third kappa shape index (κ3) is 2.15. The van der Waals surface area contributed by atoms with E-state index in [1.165, 1.54) is 19.3 Å². The molecule has 0 saturated heterocycles. The van der Waals surface area contributed by atoms with Gasteiger partial charge in [-0.05, 0) is 69.6 Å². The molecule has 2 nitrogen and oxygen atoms in total. The molecule has 1 amide bonds. The highest BCUT2D eigenvalue weighted by Gasteiger charge is 2.59. The van der Waals surface area contributed by atoms with Crippen LogP contribution in [0, 0.1) is 22.7 Å². The molecular weight excluding hydrogens is 314 g/mol. The van der Waals surface area contributed by atoms with Crippen molar-refractivity contribution in [3.05, 3.63) is 0 Å². The highest BCUT2D eigenvalue weighted by molar-refractivity contribution is 9.09. The third-order valence-corrected chi connectivity index (χ3v) is 7.72. The van der Waals surface area contributed by atoms with E-state index >= 15 is 0 Å². The molecule has 0 radical (unpaired) electrons. The van der Waals surface area contributed by atoms with Crippen LogP contribution in [0.4, 0.5) is 0 Å². The maximum atomic E-state index is 13.2. The molecule has 4 aliphatic carbocycles. The lowest BCUT2D eigenvalue weighted by Crippen LogP contribution is -2.60.